The van der Waals surface area contributed by atoms with Crippen molar-refractivity contribution in [2.45, 2.75) is 6.54 Å². The normalized spacial score (nSPS) is 10.4. The van der Waals surface area contributed by atoms with Crippen molar-refractivity contribution in [3.8, 4) is 0 Å². The Labute approximate surface area is 112 Å². The van der Waals surface area contributed by atoms with E-state index >= 15 is 0 Å². The number of benzene rings is 2. The zero-order valence-corrected chi connectivity index (χ0v) is 11.0. The first-order valence-corrected chi connectivity index (χ1v) is 6.13. The van der Waals surface area contributed by atoms with E-state index in [1.807, 2.05) is 30.3 Å². The van der Waals surface area contributed by atoms with Crippen LogP contribution in [-0.4, -0.2) is 0 Å². The molecule has 0 saturated heterocycles. The number of nitrogens with one attached hydrogen (secondary N) is 2. The lowest BCUT2D eigenvalue weighted by Crippen LogP contribution is -2.21. The van der Waals surface area contributed by atoms with E-state index in [9.17, 15) is 8.78 Å². The Kier molecular flexibility index (Phi) is 4.28. The molecular formula is C13H11BrF2N2. The molecule has 0 atom stereocenters. The minimum absolute atomic E-state index is 0.270. The molecule has 94 valence electrons. The smallest absolute Gasteiger partial charge is 0.140 e. The van der Waals surface area contributed by atoms with Crippen molar-refractivity contribution in [1.82, 2.24) is 5.43 Å². The fourth-order valence-corrected chi connectivity index (χ4v) is 1.87. The molecule has 0 radical (unpaired) electrons. The van der Waals surface area contributed by atoms with Crippen LogP contribution in [0, 0.1) is 11.6 Å². The summed E-state index contributed by atoms with van der Waals surface area (Å²) in [6, 6.07) is 11.6. The Morgan fingerprint density at radius 3 is 2.50 bits per heavy atom. The molecule has 0 bridgehead atoms. The first-order valence-electron chi connectivity index (χ1n) is 5.34. The zero-order valence-electron chi connectivity index (χ0n) is 9.38. The van der Waals surface area contributed by atoms with E-state index in [-0.39, 0.29) is 4.47 Å². The van der Waals surface area contributed by atoms with Gasteiger partial charge in [0, 0.05) is 18.3 Å². The molecular weight excluding hydrogens is 302 g/mol. The lowest BCUT2D eigenvalue weighted by Gasteiger charge is -2.10. The van der Waals surface area contributed by atoms with Gasteiger partial charge < -0.3 is 5.43 Å². The molecule has 0 aliphatic rings. The summed E-state index contributed by atoms with van der Waals surface area (Å²) in [5.41, 5.74) is 7.23. The lowest BCUT2D eigenvalue weighted by molar-refractivity contribution is 0.572. The Morgan fingerprint density at radius 1 is 1.06 bits per heavy atom. The van der Waals surface area contributed by atoms with Gasteiger partial charge in [0.2, 0.25) is 0 Å². The summed E-state index contributed by atoms with van der Waals surface area (Å²) in [5.74, 6) is -1.20. The summed E-state index contributed by atoms with van der Waals surface area (Å²) >= 11 is 3.09. The lowest BCUT2D eigenvalue weighted by atomic mass is 10.2. The SMILES string of the molecule is Fc1cc(F)c(Br)c(CNNc2ccccc2)c1. The number of hydrazine groups is 1. The van der Waals surface area contributed by atoms with Crippen LogP contribution in [0.15, 0.2) is 46.9 Å². The fourth-order valence-electron chi connectivity index (χ4n) is 1.50. The van der Waals surface area contributed by atoms with Gasteiger partial charge in [0.15, 0.2) is 0 Å². The summed E-state index contributed by atoms with van der Waals surface area (Å²) in [6.07, 6.45) is 0. The summed E-state index contributed by atoms with van der Waals surface area (Å²) in [7, 11) is 0. The maximum Gasteiger partial charge on any atom is 0.140 e. The standard InChI is InChI=1S/C13H11BrF2N2/c14-13-9(6-10(15)7-12(13)16)8-17-18-11-4-2-1-3-5-11/h1-7,17-18H,8H2. The fraction of sp³-hybridized carbons (Fsp3) is 0.0769. The Hall–Kier alpha value is -1.46. The predicted octanol–water partition coefficient (Wildman–Crippen LogP) is 3.84. The molecule has 0 aliphatic heterocycles. The summed E-state index contributed by atoms with van der Waals surface area (Å²) < 4.78 is 26.6. The average molecular weight is 313 g/mol. The molecule has 2 aromatic carbocycles. The van der Waals surface area contributed by atoms with E-state index < -0.39 is 11.6 Å². The molecule has 0 amide bonds. The molecule has 0 aliphatic carbocycles. The molecule has 2 aromatic rings. The summed E-state index contributed by atoms with van der Waals surface area (Å²) in [4.78, 5) is 0. The first kappa shape index (κ1) is 13.0. The van der Waals surface area contributed by atoms with Crippen LogP contribution < -0.4 is 10.9 Å². The number of hydrogen-bond donors (Lipinski definition) is 2. The van der Waals surface area contributed by atoms with Crippen molar-refractivity contribution in [2.75, 3.05) is 5.43 Å². The van der Waals surface area contributed by atoms with Crippen LogP contribution in [0.3, 0.4) is 0 Å². The van der Waals surface area contributed by atoms with Gasteiger partial charge in [-0.25, -0.2) is 14.2 Å². The molecule has 18 heavy (non-hydrogen) atoms. The van der Waals surface area contributed by atoms with E-state index in [0.717, 1.165) is 11.8 Å². The van der Waals surface area contributed by atoms with Gasteiger partial charge in [-0.1, -0.05) is 18.2 Å². The van der Waals surface area contributed by atoms with Gasteiger partial charge in [-0.3, -0.25) is 0 Å². The molecule has 0 aromatic heterocycles. The van der Waals surface area contributed by atoms with Crippen molar-refractivity contribution in [1.29, 1.82) is 0 Å². The monoisotopic (exact) mass is 312 g/mol. The Balaban J connectivity index is 1.99. The first-order chi connectivity index (χ1) is 8.66. The minimum atomic E-state index is -0.605. The van der Waals surface area contributed by atoms with Crippen LogP contribution in [0.1, 0.15) is 5.56 Å². The van der Waals surface area contributed by atoms with Crippen molar-refractivity contribution in [2.24, 2.45) is 0 Å². The molecule has 2 rings (SSSR count). The molecule has 2 N–H and O–H groups in total. The molecule has 2 nitrogen and oxygen atoms in total. The van der Waals surface area contributed by atoms with Gasteiger partial charge in [-0.05, 0) is 39.7 Å². The van der Waals surface area contributed by atoms with Crippen LogP contribution in [0.4, 0.5) is 14.5 Å². The second-order valence-electron chi connectivity index (χ2n) is 3.71. The number of rotatable bonds is 4. The highest BCUT2D eigenvalue weighted by molar-refractivity contribution is 9.10. The Bertz CT molecular complexity index is 532. The van der Waals surface area contributed by atoms with Gasteiger partial charge in [0.25, 0.3) is 0 Å². The predicted molar refractivity (Wildman–Crippen MR) is 71.0 cm³/mol. The number of para-hydroxylation sites is 1. The van der Waals surface area contributed by atoms with Crippen molar-refractivity contribution in [3.05, 3.63) is 64.1 Å². The summed E-state index contributed by atoms with van der Waals surface area (Å²) in [5, 5.41) is 0. The maximum absolute atomic E-state index is 13.3. The van der Waals surface area contributed by atoms with E-state index in [2.05, 4.69) is 26.8 Å². The van der Waals surface area contributed by atoms with Crippen molar-refractivity contribution < 1.29 is 8.78 Å². The Morgan fingerprint density at radius 2 is 1.78 bits per heavy atom. The van der Waals surface area contributed by atoms with Gasteiger partial charge in [-0.2, -0.15) is 0 Å². The van der Waals surface area contributed by atoms with Crippen LogP contribution >= 0.6 is 15.9 Å². The van der Waals surface area contributed by atoms with E-state index in [1.165, 1.54) is 6.07 Å². The molecule has 5 heteroatoms. The highest BCUT2D eigenvalue weighted by Crippen LogP contribution is 2.22. The quantitative estimate of drug-likeness (QED) is 0.662. The van der Waals surface area contributed by atoms with Crippen LogP contribution in [0.2, 0.25) is 0 Å². The van der Waals surface area contributed by atoms with Gasteiger partial charge in [0.05, 0.1) is 4.47 Å². The van der Waals surface area contributed by atoms with Gasteiger partial charge in [-0.15, -0.1) is 0 Å². The van der Waals surface area contributed by atoms with E-state index in [0.29, 0.717) is 12.1 Å². The second kappa shape index (κ2) is 5.93. The van der Waals surface area contributed by atoms with E-state index in [4.69, 9.17) is 0 Å². The highest BCUT2D eigenvalue weighted by atomic mass is 79.9. The number of halogens is 3. The van der Waals surface area contributed by atoms with E-state index in [1.54, 1.807) is 0 Å². The van der Waals surface area contributed by atoms with Gasteiger partial charge in [0.1, 0.15) is 11.6 Å². The maximum atomic E-state index is 13.3. The molecule has 0 unspecified atom stereocenters. The third kappa shape index (κ3) is 3.27. The molecule has 0 fully saturated rings. The molecule has 0 spiro atoms. The number of hydrogen-bond acceptors (Lipinski definition) is 2. The van der Waals surface area contributed by atoms with Crippen LogP contribution in [0.25, 0.3) is 0 Å². The highest BCUT2D eigenvalue weighted by Gasteiger charge is 2.08. The second-order valence-corrected chi connectivity index (χ2v) is 4.50. The molecule has 0 saturated carbocycles. The zero-order chi connectivity index (χ0) is 13.0. The molecule has 0 heterocycles. The van der Waals surface area contributed by atoms with Crippen LogP contribution in [-0.2, 0) is 6.54 Å². The van der Waals surface area contributed by atoms with Crippen molar-refractivity contribution in [3.63, 3.8) is 0 Å². The third-order valence-electron chi connectivity index (χ3n) is 2.35. The third-order valence-corrected chi connectivity index (χ3v) is 3.24. The number of anilines is 1. The largest absolute Gasteiger partial charge is 0.321 e. The average Bonchev–Trinajstić information content (AvgIpc) is 2.36. The minimum Gasteiger partial charge on any atom is -0.321 e. The van der Waals surface area contributed by atoms with Crippen LogP contribution in [0.5, 0.6) is 0 Å². The summed E-state index contributed by atoms with van der Waals surface area (Å²) in [6.45, 7) is 0.296. The van der Waals surface area contributed by atoms with Gasteiger partial charge >= 0.3 is 0 Å². The van der Waals surface area contributed by atoms with Crippen molar-refractivity contribution >= 4 is 21.6 Å². The topological polar surface area (TPSA) is 24.1 Å².